The van der Waals surface area contributed by atoms with Gasteiger partial charge in [0.1, 0.15) is 5.82 Å². The van der Waals surface area contributed by atoms with E-state index in [2.05, 4.69) is 26.3 Å². The van der Waals surface area contributed by atoms with E-state index >= 15 is 0 Å². The summed E-state index contributed by atoms with van der Waals surface area (Å²) in [5.41, 5.74) is 1.07. The molecule has 0 saturated heterocycles. The number of carbonyl (C=O) groups excluding carboxylic acids is 1. The molecule has 0 radical (unpaired) electrons. The van der Waals surface area contributed by atoms with Crippen LogP contribution in [0.25, 0.3) is 0 Å². The Hall–Kier alpha value is -1.70. The average Bonchev–Trinajstić information content (AvgIpc) is 3.12. The standard InChI is InChI=1S/C15H10BrClFN3OS/c16-10-1-2-13(12(18)4-10)20-15(22)14-3-9(8-23-14)6-21-7-11(17)5-19-21/h1-5,7-8H,6H2,(H,20,22). The van der Waals surface area contributed by atoms with E-state index < -0.39 is 5.82 Å². The van der Waals surface area contributed by atoms with Gasteiger partial charge in [0.05, 0.1) is 28.3 Å². The highest BCUT2D eigenvalue weighted by Gasteiger charge is 2.12. The second-order valence-corrected chi connectivity index (χ2v) is 7.02. The molecule has 0 aliphatic heterocycles. The van der Waals surface area contributed by atoms with Crippen LogP contribution in [0.1, 0.15) is 15.2 Å². The van der Waals surface area contributed by atoms with Crippen LogP contribution >= 0.6 is 38.9 Å². The third-order valence-corrected chi connectivity index (χ3v) is 4.67. The summed E-state index contributed by atoms with van der Waals surface area (Å²) in [6, 6.07) is 6.24. The van der Waals surface area contributed by atoms with Crippen molar-refractivity contribution >= 4 is 50.5 Å². The lowest BCUT2D eigenvalue weighted by molar-refractivity contribution is 0.103. The van der Waals surface area contributed by atoms with E-state index in [1.807, 2.05) is 5.38 Å². The van der Waals surface area contributed by atoms with E-state index in [0.717, 1.165) is 5.56 Å². The molecule has 23 heavy (non-hydrogen) atoms. The number of carbonyl (C=O) groups is 1. The second kappa shape index (κ2) is 6.82. The summed E-state index contributed by atoms with van der Waals surface area (Å²) in [6.07, 6.45) is 3.26. The molecule has 0 saturated carbocycles. The van der Waals surface area contributed by atoms with Crippen molar-refractivity contribution in [3.8, 4) is 0 Å². The first-order valence-corrected chi connectivity index (χ1v) is 8.58. The number of benzene rings is 1. The molecule has 1 aromatic carbocycles. The Morgan fingerprint density at radius 1 is 1.43 bits per heavy atom. The predicted octanol–water partition coefficient (Wildman–Crippen LogP) is 4.80. The van der Waals surface area contributed by atoms with E-state index in [9.17, 15) is 9.18 Å². The number of thiophene rings is 1. The topological polar surface area (TPSA) is 46.9 Å². The monoisotopic (exact) mass is 413 g/mol. The zero-order chi connectivity index (χ0) is 16.4. The normalized spacial score (nSPS) is 10.7. The molecule has 0 unspecified atom stereocenters. The highest BCUT2D eigenvalue weighted by Crippen LogP contribution is 2.22. The summed E-state index contributed by atoms with van der Waals surface area (Å²) in [5.74, 6) is -0.836. The Bertz CT molecular complexity index is 864. The number of amides is 1. The number of halogens is 3. The van der Waals surface area contributed by atoms with Crippen molar-refractivity contribution in [3.63, 3.8) is 0 Å². The molecule has 8 heteroatoms. The summed E-state index contributed by atoms with van der Waals surface area (Å²) >= 11 is 10.3. The lowest BCUT2D eigenvalue weighted by Gasteiger charge is -2.05. The Kier molecular flexibility index (Phi) is 4.79. The van der Waals surface area contributed by atoms with Gasteiger partial charge in [-0.15, -0.1) is 11.3 Å². The van der Waals surface area contributed by atoms with Gasteiger partial charge >= 0.3 is 0 Å². The van der Waals surface area contributed by atoms with Crippen LogP contribution in [0.5, 0.6) is 0 Å². The first-order chi connectivity index (χ1) is 11.0. The van der Waals surface area contributed by atoms with Crippen molar-refractivity contribution in [3.05, 3.63) is 67.8 Å². The lowest BCUT2D eigenvalue weighted by Crippen LogP contribution is -2.11. The first-order valence-electron chi connectivity index (χ1n) is 6.53. The van der Waals surface area contributed by atoms with Crippen molar-refractivity contribution in [2.24, 2.45) is 0 Å². The van der Waals surface area contributed by atoms with Gasteiger partial charge in [-0.3, -0.25) is 9.48 Å². The number of rotatable bonds is 4. The van der Waals surface area contributed by atoms with Gasteiger partial charge in [0.15, 0.2) is 0 Å². The van der Waals surface area contributed by atoms with Crippen LogP contribution < -0.4 is 5.32 Å². The Labute approximate surface area is 149 Å². The minimum atomic E-state index is -0.490. The van der Waals surface area contributed by atoms with Crippen LogP contribution in [-0.2, 0) is 6.54 Å². The SMILES string of the molecule is O=C(Nc1ccc(Br)cc1F)c1cc(Cn2cc(Cl)cn2)cs1. The molecule has 0 atom stereocenters. The molecule has 118 valence electrons. The van der Waals surface area contributed by atoms with Gasteiger partial charge in [-0.25, -0.2) is 4.39 Å². The smallest absolute Gasteiger partial charge is 0.265 e. The maximum atomic E-state index is 13.8. The van der Waals surface area contributed by atoms with E-state index in [1.54, 1.807) is 29.2 Å². The average molecular weight is 415 g/mol. The molecule has 0 spiro atoms. The highest BCUT2D eigenvalue weighted by molar-refractivity contribution is 9.10. The van der Waals surface area contributed by atoms with Crippen LogP contribution in [-0.4, -0.2) is 15.7 Å². The van der Waals surface area contributed by atoms with E-state index in [1.165, 1.54) is 23.5 Å². The van der Waals surface area contributed by atoms with E-state index in [0.29, 0.717) is 20.9 Å². The summed E-state index contributed by atoms with van der Waals surface area (Å²) < 4.78 is 16.1. The minimum absolute atomic E-state index is 0.145. The molecule has 0 aliphatic rings. The number of nitrogens with zero attached hydrogens (tertiary/aromatic N) is 2. The molecule has 0 bridgehead atoms. The van der Waals surface area contributed by atoms with Crippen LogP contribution in [0.3, 0.4) is 0 Å². The van der Waals surface area contributed by atoms with Crippen LogP contribution in [0.15, 0.2) is 46.5 Å². The van der Waals surface area contributed by atoms with Gasteiger partial charge < -0.3 is 5.32 Å². The maximum Gasteiger partial charge on any atom is 0.265 e. The fraction of sp³-hybridized carbons (Fsp3) is 0.0667. The number of nitrogens with one attached hydrogen (secondary N) is 1. The molecule has 3 rings (SSSR count). The van der Waals surface area contributed by atoms with Gasteiger partial charge in [0, 0.05) is 10.7 Å². The number of anilines is 1. The number of hydrogen-bond donors (Lipinski definition) is 1. The fourth-order valence-corrected chi connectivity index (χ4v) is 3.25. The van der Waals surface area contributed by atoms with Crippen molar-refractivity contribution < 1.29 is 9.18 Å². The Morgan fingerprint density at radius 3 is 2.96 bits per heavy atom. The van der Waals surface area contributed by atoms with Crippen molar-refractivity contribution in [1.29, 1.82) is 0 Å². The van der Waals surface area contributed by atoms with Crippen molar-refractivity contribution in [2.45, 2.75) is 6.54 Å². The zero-order valence-electron chi connectivity index (χ0n) is 11.6. The van der Waals surface area contributed by atoms with Gasteiger partial charge in [-0.05, 0) is 35.2 Å². The van der Waals surface area contributed by atoms with Crippen LogP contribution in [0.2, 0.25) is 5.02 Å². The van der Waals surface area contributed by atoms with E-state index in [-0.39, 0.29) is 11.6 Å². The van der Waals surface area contributed by atoms with Gasteiger partial charge in [0.25, 0.3) is 5.91 Å². The highest BCUT2D eigenvalue weighted by atomic mass is 79.9. The quantitative estimate of drug-likeness (QED) is 0.666. The third-order valence-electron chi connectivity index (χ3n) is 3.00. The van der Waals surface area contributed by atoms with E-state index in [4.69, 9.17) is 11.6 Å². The fourth-order valence-electron chi connectivity index (χ4n) is 1.96. The van der Waals surface area contributed by atoms with Gasteiger partial charge in [0.2, 0.25) is 0 Å². The Morgan fingerprint density at radius 2 is 2.26 bits per heavy atom. The molecule has 0 fully saturated rings. The van der Waals surface area contributed by atoms with Crippen LogP contribution in [0, 0.1) is 5.82 Å². The first kappa shape index (κ1) is 16.2. The molecule has 2 aromatic heterocycles. The van der Waals surface area contributed by atoms with Gasteiger partial charge in [-0.1, -0.05) is 27.5 Å². The largest absolute Gasteiger partial charge is 0.319 e. The summed E-state index contributed by atoms with van der Waals surface area (Å²) in [4.78, 5) is 12.7. The molecule has 1 amide bonds. The molecular weight excluding hydrogens is 405 g/mol. The zero-order valence-corrected chi connectivity index (χ0v) is 14.8. The molecule has 3 aromatic rings. The molecule has 2 heterocycles. The summed E-state index contributed by atoms with van der Waals surface area (Å²) in [5, 5.41) is 9.08. The van der Waals surface area contributed by atoms with Crippen molar-refractivity contribution in [1.82, 2.24) is 9.78 Å². The van der Waals surface area contributed by atoms with Crippen LogP contribution in [0.4, 0.5) is 10.1 Å². The predicted molar refractivity (Wildman–Crippen MR) is 92.7 cm³/mol. The summed E-state index contributed by atoms with van der Waals surface area (Å²) in [6.45, 7) is 0.517. The van der Waals surface area contributed by atoms with Crippen molar-refractivity contribution in [2.75, 3.05) is 5.32 Å². The molecular formula is C15H10BrClFN3OS. The van der Waals surface area contributed by atoms with Gasteiger partial charge in [-0.2, -0.15) is 5.10 Å². The molecule has 0 aliphatic carbocycles. The number of aromatic nitrogens is 2. The molecule has 4 nitrogen and oxygen atoms in total. The summed E-state index contributed by atoms with van der Waals surface area (Å²) in [7, 11) is 0. The maximum absolute atomic E-state index is 13.8. The number of hydrogen-bond acceptors (Lipinski definition) is 3. The molecule has 1 N–H and O–H groups in total. The Balaban J connectivity index is 1.70. The second-order valence-electron chi connectivity index (χ2n) is 4.75. The lowest BCUT2D eigenvalue weighted by atomic mass is 10.2. The third kappa shape index (κ3) is 3.99. The minimum Gasteiger partial charge on any atom is -0.319 e.